The highest BCUT2D eigenvalue weighted by molar-refractivity contribution is 5.75. The van der Waals surface area contributed by atoms with Crippen LogP contribution in [-0.2, 0) is 16.6 Å². The number of nitrogens with two attached hydrogens (primary N) is 1. The lowest BCUT2D eigenvalue weighted by Gasteiger charge is -2.53. The van der Waals surface area contributed by atoms with E-state index in [0.717, 1.165) is 32.1 Å². The molecule has 0 heterocycles. The summed E-state index contributed by atoms with van der Waals surface area (Å²) < 4.78 is 0. The molecule has 0 amide bonds. The molecule has 0 spiro atoms. The molecule has 2 aliphatic rings. The Balaban J connectivity index is 0.000000552. The Hall–Kier alpha value is -1.39. The van der Waals surface area contributed by atoms with Gasteiger partial charge in [0.15, 0.2) is 0 Å². The monoisotopic (exact) mass is 361 g/mol. The molecule has 1 fully saturated rings. The molecule has 3 rings (SSSR count). The molecule has 26 heavy (non-hydrogen) atoms. The SMILES string of the molecule is CC(C)c1ccc2c(c1)CC[C@H]1[C@](C)(C(=O)O)CCC[C@]21C.NCCO. The molecule has 146 valence electrons. The van der Waals surface area contributed by atoms with Gasteiger partial charge in [-0.1, -0.05) is 45.4 Å². The maximum absolute atomic E-state index is 11.9. The molecule has 0 aliphatic heterocycles. The van der Waals surface area contributed by atoms with Gasteiger partial charge in [0.1, 0.15) is 0 Å². The third-order valence-corrected chi connectivity index (χ3v) is 6.66. The standard InChI is InChI=1S/C20H28O2.C2H7NO/c1-13(2)14-6-8-16-15(12-14)7-9-17-19(16,3)10-5-11-20(17,4)18(21)22;3-1-2-4/h6,8,12-13,17H,5,7,9-11H2,1-4H3,(H,21,22);4H,1-3H2/t17-,19-,20-;/m1./s1. The molecule has 1 aromatic rings. The lowest BCUT2D eigenvalue weighted by atomic mass is 9.50. The number of hydrogen-bond acceptors (Lipinski definition) is 3. The van der Waals surface area contributed by atoms with Gasteiger partial charge in [0.25, 0.3) is 0 Å². The molecule has 0 bridgehead atoms. The molecule has 4 heteroatoms. The number of aryl methyl sites for hydroxylation is 1. The number of aliphatic carboxylic acids is 1. The number of fused-ring (bicyclic) bond motifs is 3. The van der Waals surface area contributed by atoms with E-state index in [9.17, 15) is 9.90 Å². The van der Waals surface area contributed by atoms with E-state index in [1.54, 1.807) is 0 Å². The first kappa shape index (κ1) is 20.9. The van der Waals surface area contributed by atoms with Gasteiger partial charge in [-0.05, 0) is 66.5 Å². The number of aliphatic hydroxyl groups excluding tert-OH is 1. The average Bonchev–Trinajstić information content (AvgIpc) is 2.61. The Morgan fingerprint density at radius 3 is 2.50 bits per heavy atom. The van der Waals surface area contributed by atoms with Gasteiger partial charge in [0, 0.05) is 6.54 Å². The predicted molar refractivity (Wildman–Crippen MR) is 105 cm³/mol. The van der Waals surface area contributed by atoms with Crippen molar-refractivity contribution in [2.45, 2.75) is 71.1 Å². The summed E-state index contributed by atoms with van der Waals surface area (Å²) in [6.45, 7) is 9.23. The lowest BCUT2D eigenvalue weighted by molar-refractivity contribution is -0.157. The summed E-state index contributed by atoms with van der Waals surface area (Å²) in [7, 11) is 0. The van der Waals surface area contributed by atoms with Crippen molar-refractivity contribution in [3.8, 4) is 0 Å². The molecular formula is C22H35NO3. The second-order valence-corrected chi connectivity index (χ2v) is 8.67. The number of hydrogen-bond donors (Lipinski definition) is 3. The minimum absolute atomic E-state index is 0.0223. The average molecular weight is 362 g/mol. The smallest absolute Gasteiger partial charge is 0.309 e. The molecule has 2 aliphatic carbocycles. The first-order valence-electron chi connectivity index (χ1n) is 9.88. The quantitative estimate of drug-likeness (QED) is 0.764. The zero-order chi connectivity index (χ0) is 19.5. The Morgan fingerprint density at radius 2 is 1.96 bits per heavy atom. The van der Waals surface area contributed by atoms with Crippen LogP contribution >= 0.6 is 0 Å². The van der Waals surface area contributed by atoms with Crippen LogP contribution in [-0.4, -0.2) is 29.3 Å². The first-order valence-corrected chi connectivity index (χ1v) is 9.88. The van der Waals surface area contributed by atoms with Crippen molar-refractivity contribution < 1.29 is 15.0 Å². The molecular weight excluding hydrogens is 326 g/mol. The van der Waals surface area contributed by atoms with E-state index in [0.29, 0.717) is 12.5 Å². The van der Waals surface area contributed by atoms with Crippen LogP contribution in [0, 0.1) is 11.3 Å². The van der Waals surface area contributed by atoms with Crippen LogP contribution in [0.1, 0.15) is 76.0 Å². The summed E-state index contributed by atoms with van der Waals surface area (Å²) in [6, 6.07) is 6.92. The molecule has 3 atom stereocenters. The van der Waals surface area contributed by atoms with Gasteiger partial charge in [-0.3, -0.25) is 4.79 Å². The summed E-state index contributed by atoms with van der Waals surface area (Å²) in [5, 5.41) is 17.6. The molecule has 0 unspecified atom stereocenters. The van der Waals surface area contributed by atoms with Gasteiger partial charge in [-0.2, -0.15) is 0 Å². The van der Waals surface area contributed by atoms with E-state index >= 15 is 0 Å². The fraction of sp³-hybridized carbons (Fsp3) is 0.682. The van der Waals surface area contributed by atoms with Gasteiger partial charge < -0.3 is 15.9 Å². The van der Waals surface area contributed by atoms with E-state index in [2.05, 4.69) is 39.0 Å². The third kappa shape index (κ3) is 3.67. The molecule has 4 nitrogen and oxygen atoms in total. The van der Waals surface area contributed by atoms with Crippen LogP contribution in [0.15, 0.2) is 18.2 Å². The van der Waals surface area contributed by atoms with Crippen molar-refractivity contribution in [3.63, 3.8) is 0 Å². The van der Waals surface area contributed by atoms with Crippen LogP contribution < -0.4 is 5.73 Å². The van der Waals surface area contributed by atoms with Crippen molar-refractivity contribution in [1.82, 2.24) is 0 Å². The number of rotatable bonds is 3. The fourth-order valence-corrected chi connectivity index (χ4v) is 5.13. The highest BCUT2D eigenvalue weighted by atomic mass is 16.4. The molecule has 0 saturated heterocycles. The van der Waals surface area contributed by atoms with Crippen LogP contribution in [0.4, 0.5) is 0 Å². The maximum Gasteiger partial charge on any atom is 0.309 e. The Kier molecular flexibility index (Phi) is 6.51. The maximum atomic E-state index is 11.9. The summed E-state index contributed by atoms with van der Waals surface area (Å²) in [6.07, 6.45) is 4.99. The molecule has 4 N–H and O–H groups in total. The predicted octanol–water partition coefficient (Wildman–Crippen LogP) is 3.84. The summed E-state index contributed by atoms with van der Waals surface area (Å²) in [5.41, 5.74) is 8.51. The van der Waals surface area contributed by atoms with Gasteiger partial charge in [-0.15, -0.1) is 0 Å². The highest BCUT2D eigenvalue weighted by Crippen LogP contribution is 2.57. The van der Waals surface area contributed by atoms with Crippen LogP contribution in [0.3, 0.4) is 0 Å². The molecule has 0 radical (unpaired) electrons. The zero-order valence-electron chi connectivity index (χ0n) is 16.7. The highest BCUT2D eigenvalue weighted by Gasteiger charge is 2.55. The Morgan fingerprint density at radius 1 is 1.31 bits per heavy atom. The van der Waals surface area contributed by atoms with Crippen molar-refractivity contribution >= 4 is 5.97 Å². The number of carboxylic acids is 1. The van der Waals surface area contributed by atoms with Gasteiger partial charge in [0.2, 0.25) is 0 Å². The summed E-state index contributed by atoms with van der Waals surface area (Å²) in [5.74, 6) is 0.195. The Bertz CT molecular complexity index is 640. The first-order chi connectivity index (χ1) is 12.2. The van der Waals surface area contributed by atoms with Crippen molar-refractivity contribution in [1.29, 1.82) is 0 Å². The van der Waals surface area contributed by atoms with Crippen molar-refractivity contribution in [2.75, 3.05) is 13.2 Å². The van der Waals surface area contributed by atoms with Gasteiger partial charge >= 0.3 is 5.97 Å². The van der Waals surface area contributed by atoms with E-state index < -0.39 is 11.4 Å². The second kappa shape index (κ2) is 8.10. The zero-order valence-corrected chi connectivity index (χ0v) is 16.7. The topological polar surface area (TPSA) is 83.5 Å². The number of aliphatic hydroxyl groups is 1. The van der Waals surface area contributed by atoms with E-state index in [-0.39, 0.29) is 17.9 Å². The number of benzene rings is 1. The van der Waals surface area contributed by atoms with Crippen molar-refractivity contribution in [3.05, 3.63) is 34.9 Å². The van der Waals surface area contributed by atoms with Crippen LogP contribution in [0.2, 0.25) is 0 Å². The van der Waals surface area contributed by atoms with E-state index in [1.165, 1.54) is 16.7 Å². The minimum Gasteiger partial charge on any atom is -0.481 e. The third-order valence-electron chi connectivity index (χ3n) is 6.66. The lowest BCUT2D eigenvalue weighted by Crippen LogP contribution is -2.52. The second-order valence-electron chi connectivity index (χ2n) is 8.67. The fourth-order valence-electron chi connectivity index (χ4n) is 5.13. The summed E-state index contributed by atoms with van der Waals surface area (Å²) in [4.78, 5) is 11.9. The normalized spacial score (nSPS) is 30.0. The van der Waals surface area contributed by atoms with Crippen LogP contribution in [0.25, 0.3) is 0 Å². The Labute approximate surface area is 157 Å². The number of carbonyl (C=O) groups is 1. The molecule has 0 aromatic heterocycles. The van der Waals surface area contributed by atoms with Gasteiger partial charge in [0.05, 0.1) is 12.0 Å². The van der Waals surface area contributed by atoms with Gasteiger partial charge in [-0.25, -0.2) is 0 Å². The minimum atomic E-state index is -0.606. The summed E-state index contributed by atoms with van der Waals surface area (Å²) >= 11 is 0. The van der Waals surface area contributed by atoms with E-state index in [4.69, 9.17) is 10.8 Å². The molecule has 1 aromatic carbocycles. The number of carboxylic acid groups (broad SMARTS) is 1. The van der Waals surface area contributed by atoms with Crippen molar-refractivity contribution in [2.24, 2.45) is 17.1 Å². The largest absolute Gasteiger partial charge is 0.481 e. The van der Waals surface area contributed by atoms with Crippen LogP contribution in [0.5, 0.6) is 0 Å². The van der Waals surface area contributed by atoms with E-state index in [1.807, 2.05) is 6.92 Å². The molecule has 1 saturated carbocycles.